The van der Waals surface area contributed by atoms with Gasteiger partial charge in [0.15, 0.2) is 0 Å². The quantitative estimate of drug-likeness (QED) is 0.271. The zero-order chi connectivity index (χ0) is 24.4. The monoisotopic (exact) mass is 474 g/mol. The number of hydrogen-bond acceptors (Lipinski definition) is 10. The second kappa shape index (κ2) is 9.79. The Morgan fingerprint density at radius 1 is 1.03 bits per heavy atom. The van der Waals surface area contributed by atoms with Gasteiger partial charge in [-0.3, -0.25) is 0 Å². The molecule has 0 spiro atoms. The number of anilines is 3. The van der Waals surface area contributed by atoms with Crippen LogP contribution in [0.1, 0.15) is 6.42 Å². The SMILES string of the molecule is COc1cc(Nc2ncc(-c3ccc4ccccc4n3)c(NC3CC(CO)C(O)C3O)n2)ccn1. The van der Waals surface area contributed by atoms with Crippen molar-refractivity contribution in [3.05, 3.63) is 60.9 Å². The lowest BCUT2D eigenvalue weighted by molar-refractivity contribution is 0.00446. The lowest BCUT2D eigenvalue weighted by atomic mass is 10.1. The number of ether oxygens (including phenoxy) is 1. The summed E-state index contributed by atoms with van der Waals surface area (Å²) in [5.41, 5.74) is 2.83. The summed E-state index contributed by atoms with van der Waals surface area (Å²) < 4.78 is 5.18. The molecule has 5 rings (SSSR count). The van der Waals surface area contributed by atoms with Gasteiger partial charge in [-0.25, -0.2) is 15.0 Å². The Kier molecular flexibility index (Phi) is 6.41. The van der Waals surface area contributed by atoms with Crippen molar-refractivity contribution < 1.29 is 20.1 Å². The van der Waals surface area contributed by atoms with E-state index >= 15 is 0 Å². The second-order valence-corrected chi connectivity index (χ2v) is 8.47. The van der Waals surface area contributed by atoms with Crippen LogP contribution < -0.4 is 15.4 Å². The molecular formula is C25H26N6O4. The molecule has 180 valence electrons. The lowest BCUT2D eigenvalue weighted by Gasteiger charge is -2.21. The van der Waals surface area contributed by atoms with Crippen molar-refractivity contribution in [2.45, 2.75) is 24.7 Å². The minimum Gasteiger partial charge on any atom is -0.481 e. The molecular weight excluding hydrogens is 448 g/mol. The molecule has 4 unspecified atom stereocenters. The third-order valence-electron chi connectivity index (χ3n) is 6.22. The molecule has 0 amide bonds. The molecule has 10 nitrogen and oxygen atoms in total. The first-order valence-corrected chi connectivity index (χ1v) is 11.3. The summed E-state index contributed by atoms with van der Waals surface area (Å²) in [6.45, 7) is -0.212. The van der Waals surface area contributed by atoms with Crippen LogP contribution in [0.4, 0.5) is 17.5 Å². The van der Waals surface area contributed by atoms with Crippen LogP contribution in [0.15, 0.2) is 60.9 Å². The fourth-order valence-corrected chi connectivity index (χ4v) is 4.31. The first kappa shape index (κ1) is 22.9. The number of aliphatic hydroxyl groups excluding tert-OH is 3. The van der Waals surface area contributed by atoms with Crippen molar-refractivity contribution in [3.8, 4) is 17.1 Å². The molecule has 1 aliphatic rings. The number of nitrogens with one attached hydrogen (secondary N) is 2. The topological polar surface area (TPSA) is 146 Å². The summed E-state index contributed by atoms with van der Waals surface area (Å²) in [6.07, 6.45) is 1.58. The van der Waals surface area contributed by atoms with E-state index < -0.39 is 24.2 Å². The van der Waals surface area contributed by atoms with E-state index in [4.69, 9.17) is 9.72 Å². The molecule has 0 saturated heterocycles. The highest BCUT2D eigenvalue weighted by molar-refractivity contribution is 5.83. The maximum absolute atomic E-state index is 10.6. The highest BCUT2D eigenvalue weighted by atomic mass is 16.5. The number of methoxy groups -OCH3 is 1. The molecule has 3 heterocycles. The molecule has 0 aliphatic heterocycles. The third kappa shape index (κ3) is 4.72. The molecule has 1 fully saturated rings. The van der Waals surface area contributed by atoms with Gasteiger partial charge in [0.05, 0.1) is 36.0 Å². The molecule has 4 aromatic rings. The van der Waals surface area contributed by atoms with E-state index in [0.717, 1.165) is 10.9 Å². The number of nitrogens with zero attached hydrogens (tertiary/aromatic N) is 4. The van der Waals surface area contributed by atoms with Gasteiger partial charge in [0.25, 0.3) is 0 Å². The molecule has 10 heteroatoms. The zero-order valence-electron chi connectivity index (χ0n) is 19.0. The Bertz CT molecular complexity index is 1340. The summed E-state index contributed by atoms with van der Waals surface area (Å²) in [7, 11) is 1.54. The molecule has 3 aromatic heterocycles. The average Bonchev–Trinajstić information content (AvgIpc) is 3.16. The number of hydrogen-bond donors (Lipinski definition) is 5. The number of benzene rings is 1. The van der Waals surface area contributed by atoms with E-state index in [2.05, 4.69) is 25.6 Å². The van der Waals surface area contributed by atoms with E-state index in [1.807, 2.05) is 36.4 Å². The van der Waals surface area contributed by atoms with Crippen LogP contribution in [0.5, 0.6) is 5.88 Å². The smallest absolute Gasteiger partial charge is 0.229 e. The van der Waals surface area contributed by atoms with Crippen molar-refractivity contribution in [2.24, 2.45) is 5.92 Å². The summed E-state index contributed by atoms with van der Waals surface area (Å²) in [4.78, 5) is 18.0. The number of aliphatic hydroxyl groups is 3. The molecule has 0 radical (unpaired) electrons. The van der Waals surface area contributed by atoms with E-state index in [1.54, 1.807) is 24.5 Å². The molecule has 5 N–H and O–H groups in total. The molecule has 35 heavy (non-hydrogen) atoms. The van der Waals surface area contributed by atoms with E-state index in [-0.39, 0.29) is 6.61 Å². The van der Waals surface area contributed by atoms with Crippen LogP contribution in [0.2, 0.25) is 0 Å². The minimum absolute atomic E-state index is 0.212. The van der Waals surface area contributed by atoms with Gasteiger partial charge >= 0.3 is 0 Å². The predicted octanol–water partition coefficient (Wildman–Crippen LogP) is 2.35. The number of fused-ring (bicyclic) bond motifs is 1. The van der Waals surface area contributed by atoms with E-state index in [0.29, 0.717) is 41.0 Å². The number of aromatic nitrogens is 4. The Labute approximate surface area is 201 Å². The average molecular weight is 475 g/mol. The first-order chi connectivity index (χ1) is 17.1. The maximum Gasteiger partial charge on any atom is 0.229 e. The highest BCUT2D eigenvalue weighted by Crippen LogP contribution is 2.33. The van der Waals surface area contributed by atoms with Crippen LogP contribution in [-0.2, 0) is 0 Å². The molecule has 1 aliphatic carbocycles. The van der Waals surface area contributed by atoms with Gasteiger partial charge in [0.2, 0.25) is 11.8 Å². The summed E-state index contributed by atoms with van der Waals surface area (Å²) in [5, 5.41) is 37.8. The molecule has 0 bridgehead atoms. The lowest BCUT2D eigenvalue weighted by Crippen LogP contribution is -2.35. The van der Waals surface area contributed by atoms with Crippen molar-refractivity contribution in [1.29, 1.82) is 0 Å². The first-order valence-electron chi connectivity index (χ1n) is 11.3. The van der Waals surface area contributed by atoms with Gasteiger partial charge in [-0.1, -0.05) is 24.3 Å². The summed E-state index contributed by atoms with van der Waals surface area (Å²) in [5.74, 6) is 0.787. The van der Waals surface area contributed by atoms with E-state index in [1.165, 1.54) is 7.11 Å². The van der Waals surface area contributed by atoms with Crippen LogP contribution >= 0.6 is 0 Å². The van der Waals surface area contributed by atoms with Crippen LogP contribution in [-0.4, -0.2) is 67.2 Å². The zero-order valence-corrected chi connectivity index (χ0v) is 19.0. The summed E-state index contributed by atoms with van der Waals surface area (Å²) in [6, 6.07) is 14.7. The van der Waals surface area contributed by atoms with Gasteiger partial charge in [0, 0.05) is 42.1 Å². The van der Waals surface area contributed by atoms with Crippen molar-refractivity contribution >= 4 is 28.4 Å². The van der Waals surface area contributed by atoms with Crippen LogP contribution in [0, 0.1) is 5.92 Å². The van der Waals surface area contributed by atoms with Gasteiger partial charge in [-0.15, -0.1) is 0 Å². The minimum atomic E-state index is -1.06. The van der Waals surface area contributed by atoms with Gasteiger partial charge in [-0.05, 0) is 24.6 Å². The van der Waals surface area contributed by atoms with Crippen molar-refractivity contribution in [3.63, 3.8) is 0 Å². The largest absolute Gasteiger partial charge is 0.481 e. The second-order valence-electron chi connectivity index (χ2n) is 8.47. The summed E-state index contributed by atoms with van der Waals surface area (Å²) >= 11 is 0. The molecule has 4 atom stereocenters. The van der Waals surface area contributed by atoms with Crippen LogP contribution in [0.3, 0.4) is 0 Å². The van der Waals surface area contributed by atoms with Crippen molar-refractivity contribution in [2.75, 3.05) is 24.4 Å². The fraction of sp³-hybridized carbons (Fsp3) is 0.280. The Morgan fingerprint density at radius 3 is 2.69 bits per heavy atom. The predicted molar refractivity (Wildman–Crippen MR) is 131 cm³/mol. The molecule has 1 aromatic carbocycles. The number of rotatable bonds is 7. The third-order valence-corrected chi connectivity index (χ3v) is 6.22. The Balaban J connectivity index is 1.52. The van der Waals surface area contributed by atoms with Crippen LogP contribution in [0.25, 0.3) is 22.2 Å². The maximum atomic E-state index is 10.6. The number of para-hydroxylation sites is 1. The number of pyridine rings is 2. The highest BCUT2D eigenvalue weighted by Gasteiger charge is 2.41. The van der Waals surface area contributed by atoms with Gasteiger partial charge in [-0.2, -0.15) is 4.98 Å². The van der Waals surface area contributed by atoms with Gasteiger partial charge < -0.3 is 30.7 Å². The molecule has 1 saturated carbocycles. The standard InChI is InChI=1S/C25H26N6O4/c1-35-21-11-16(8-9-26-21)28-25-27-12-17(19-7-6-14-4-2-3-5-18(14)29-19)24(31-25)30-20-10-15(13-32)22(33)23(20)34/h2-9,11-12,15,20,22-23,32-34H,10,13H2,1H3,(H2,26,27,28,30,31). The van der Waals surface area contributed by atoms with Crippen molar-refractivity contribution in [1.82, 2.24) is 19.9 Å². The normalized spacial score (nSPS) is 21.7. The fourth-order valence-electron chi connectivity index (χ4n) is 4.31. The van der Waals surface area contributed by atoms with Gasteiger partial charge in [0.1, 0.15) is 11.9 Å². The Morgan fingerprint density at radius 2 is 1.89 bits per heavy atom. The van der Waals surface area contributed by atoms with E-state index in [9.17, 15) is 15.3 Å². The Hall–Kier alpha value is -3.86.